The maximum atomic E-state index is 8.86. The summed E-state index contributed by atoms with van der Waals surface area (Å²) in [4.78, 5) is 4.11. The zero-order valence-corrected chi connectivity index (χ0v) is 9.07. The smallest absolute Gasteiger partial charge is 0.0951 e. The van der Waals surface area contributed by atoms with E-state index in [1.54, 1.807) is 0 Å². The number of rotatable bonds is 5. The maximum absolute atomic E-state index is 8.86. The van der Waals surface area contributed by atoms with Gasteiger partial charge in [-0.15, -0.1) is 0 Å². The summed E-state index contributed by atoms with van der Waals surface area (Å²) in [5, 5.41) is 12.1. The molecule has 0 aliphatic rings. The van der Waals surface area contributed by atoms with Gasteiger partial charge in [-0.2, -0.15) is 0 Å². The Labute approximate surface area is 85.0 Å². The quantitative estimate of drug-likeness (QED) is 0.738. The summed E-state index contributed by atoms with van der Waals surface area (Å²) in [5.74, 6) is 0. The molecule has 1 aromatic rings. The van der Waals surface area contributed by atoms with Crippen LogP contribution in [0, 0.1) is 0 Å². The van der Waals surface area contributed by atoms with Crippen molar-refractivity contribution in [2.24, 2.45) is 0 Å². The first-order valence-corrected chi connectivity index (χ1v) is 5.00. The predicted octanol–water partition coefficient (Wildman–Crippen LogP) is 0.934. The monoisotopic (exact) mass is 197 g/mol. The zero-order chi connectivity index (χ0) is 10.6. The molecule has 14 heavy (non-hydrogen) atoms. The number of aliphatic hydroxyl groups is 1. The van der Waals surface area contributed by atoms with Crippen molar-refractivity contribution in [3.63, 3.8) is 0 Å². The number of aromatic nitrogens is 2. The van der Waals surface area contributed by atoms with Crippen LogP contribution in [0.15, 0.2) is 12.5 Å². The second kappa shape index (κ2) is 5.12. The highest BCUT2D eigenvalue weighted by Gasteiger charge is 2.06. The molecule has 0 radical (unpaired) electrons. The minimum Gasteiger partial charge on any atom is -0.395 e. The first-order valence-electron chi connectivity index (χ1n) is 5.00. The fourth-order valence-corrected chi connectivity index (χ4v) is 1.28. The van der Waals surface area contributed by atoms with Crippen LogP contribution in [-0.4, -0.2) is 27.3 Å². The average molecular weight is 197 g/mol. The molecule has 4 heteroatoms. The van der Waals surface area contributed by atoms with Crippen LogP contribution < -0.4 is 5.32 Å². The topological polar surface area (TPSA) is 50.1 Å². The molecule has 1 rings (SSSR count). The largest absolute Gasteiger partial charge is 0.395 e. The summed E-state index contributed by atoms with van der Waals surface area (Å²) in [7, 11) is 0. The minimum atomic E-state index is 0.130. The highest BCUT2D eigenvalue weighted by Crippen LogP contribution is 2.08. The van der Waals surface area contributed by atoms with Gasteiger partial charge in [0, 0.05) is 24.8 Å². The second-order valence-corrected chi connectivity index (χ2v) is 3.85. The lowest BCUT2D eigenvalue weighted by Gasteiger charge is -2.14. The van der Waals surface area contributed by atoms with Crippen LogP contribution >= 0.6 is 0 Å². The molecule has 0 spiro atoms. The van der Waals surface area contributed by atoms with Crippen molar-refractivity contribution < 1.29 is 5.11 Å². The molecule has 0 aromatic carbocycles. The van der Waals surface area contributed by atoms with E-state index in [9.17, 15) is 0 Å². The normalized spacial score (nSPS) is 13.5. The molecule has 4 nitrogen and oxygen atoms in total. The fourth-order valence-electron chi connectivity index (χ4n) is 1.28. The van der Waals surface area contributed by atoms with Crippen molar-refractivity contribution in [2.45, 2.75) is 39.4 Å². The maximum Gasteiger partial charge on any atom is 0.0951 e. The molecular formula is C10H19N3O. The molecule has 1 unspecified atom stereocenters. The second-order valence-electron chi connectivity index (χ2n) is 3.85. The van der Waals surface area contributed by atoms with E-state index in [4.69, 9.17) is 5.11 Å². The molecule has 1 aromatic heterocycles. The first-order chi connectivity index (χ1) is 6.65. The van der Waals surface area contributed by atoms with E-state index in [-0.39, 0.29) is 12.6 Å². The summed E-state index contributed by atoms with van der Waals surface area (Å²) in [6.45, 7) is 7.12. The summed E-state index contributed by atoms with van der Waals surface area (Å²) in [5.41, 5.74) is 1.15. The van der Waals surface area contributed by atoms with Gasteiger partial charge in [0.1, 0.15) is 0 Å². The average Bonchev–Trinajstić information content (AvgIpc) is 2.62. The summed E-state index contributed by atoms with van der Waals surface area (Å²) >= 11 is 0. The van der Waals surface area contributed by atoms with Crippen LogP contribution in [0.3, 0.4) is 0 Å². The minimum absolute atomic E-state index is 0.130. The Morgan fingerprint density at radius 1 is 1.50 bits per heavy atom. The molecular weight excluding hydrogens is 178 g/mol. The van der Waals surface area contributed by atoms with E-state index < -0.39 is 0 Å². The lowest BCUT2D eigenvalue weighted by molar-refractivity contribution is 0.250. The highest BCUT2D eigenvalue weighted by atomic mass is 16.3. The summed E-state index contributed by atoms with van der Waals surface area (Å²) < 4.78 is 2.12. The molecule has 0 fully saturated rings. The summed E-state index contributed by atoms with van der Waals surface area (Å²) in [6.07, 6.45) is 3.70. The van der Waals surface area contributed by atoms with Gasteiger partial charge < -0.3 is 15.0 Å². The van der Waals surface area contributed by atoms with Gasteiger partial charge in [-0.25, -0.2) is 4.98 Å². The number of hydrogen-bond donors (Lipinski definition) is 2. The molecule has 1 atom stereocenters. The van der Waals surface area contributed by atoms with Crippen LogP contribution in [0.25, 0.3) is 0 Å². The summed E-state index contributed by atoms with van der Waals surface area (Å²) in [6, 6.07) is 0.559. The zero-order valence-electron chi connectivity index (χ0n) is 9.07. The molecule has 80 valence electrons. The number of hydrogen-bond acceptors (Lipinski definition) is 3. The standard InChI is InChI=1S/C10H19N3O/c1-8(2)13-7-11-4-10(13)5-12-9(3)6-14/h4,7-9,12,14H,5-6H2,1-3H3. The molecule has 0 saturated carbocycles. The van der Waals surface area contributed by atoms with Gasteiger partial charge in [0.25, 0.3) is 0 Å². The number of imidazole rings is 1. The molecule has 0 bridgehead atoms. The highest BCUT2D eigenvalue weighted by molar-refractivity contribution is 4.99. The lowest BCUT2D eigenvalue weighted by Crippen LogP contribution is -2.29. The molecule has 0 aliphatic heterocycles. The van der Waals surface area contributed by atoms with Crippen LogP contribution in [0.2, 0.25) is 0 Å². The van der Waals surface area contributed by atoms with Gasteiger partial charge in [-0.1, -0.05) is 0 Å². The van der Waals surface area contributed by atoms with Crippen molar-refractivity contribution in [3.8, 4) is 0 Å². The molecule has 0 amide bonds. The van der Waals surface area contributed by atoms with E-state index in [1.807, 2.05) is 19.4 Å². The van der Waals surface area contributed by atoms with Gasteiger partial charge in [-0.05, 0) is 20.8 Å². The Hall–Kier alpha value is -0.870. The van der Waals surface area contributed by atoms with Crippen molar-refractivity contribution in [1.29, 1.82) is 0 Å². The molecule has 0 saturated heterocycles. The van der Waals surface area contributed by atoms with Gasteiger partial charge >= 0.3 is 0 Å². The Bertz CT molecular complexity index is 270. The Kier molecular flexibility index (Phi) is 4.10. The van der Waals surface area contributed by atoms with Crippen LogP contribution in [0.4, 0.5) is 0 Å². The lowest BCUT2D eigenvalue weighted by atomic mass is 10.3. The van der Waals surface area contributed by atoms with Crippen molar-refractivity contribution in [2.75, 3.05) is 6.61 Å². The number of nitrogens with one attached hydrogen (secondary N) is 1. The van der Waals surface area contributed by atoms with Crippen molar-refractivity contribution >= 4 is 0 Å². The molecule has 0 aliphatic carbocycles. The number of nitrogens with zero attached hydrogens (tertiary/aromatic N) is 2. The first kappa shape index (κ1) is 11.2. The number of aliphatic hydroxyl groups excluding tert-OH is 1. The Morgan fingerprint density at radius 2 is 2.21 bits per heavy atom. The Balaban J connectivity index is 2.54. The van der Waals surface area contributed by atoms with Gasteiger partial charge in [0.05, 0.1) is 18.6 Å². The third-order valence-corrected chi connectivity index (χ3v) is 2.21. The van der Waals surface area contributed by atoms with E-state index in [2.05, 4.69) is 28.7 Å². The predicted molar refractivity (Wildman–Crippen MR) is 56.0 cm³/mol. The van der Waals surface area contributed by atoms with Crippen LogP contribution in [0.5, 0.6) is 0 Å². The van der Waals surface area contributed by atoms with Gasteiger partial charge in [0.15, 0.2) is 0 Å². The van der Waals surface area contributed by atoms with E-state index >= 15 is 0 Å². The van der Waals surface area contributed by atoms with Crippen molar-refractivity contribution in [3.05, 3.63) is 18.2 Å². The van der Waals surface area contributed by atoms with Crippen LogP contribution in [0.1, 0.15) is 32.5 Å². The van der Waals surface area contributed by atoms with Crippen molar-refractivity contribution in [1.82, 2.24) is 14.9 Å². The Morgan fingerprint density at radius 3 is 2.79 bits per heavy atom. The van der Waals surface area contributed by atoms with E-state index in [1.165, 1.54) is 0 Å². The van der Waals surface area contributed by atoms with Crippen LogP contribution in [-0.2, 0) is 6.54 Å². The third kappa shape index (κ3) is 2.82. The van der Waals surface area contributed by atoms with Gasteiger partial charge in [0.2, 0.25) is 0 Å². The third-order valence-electron chi connectivity index (χ3n) is 2.21. The van der Waals surface area contributed by atoms with Gasteiger partial charge in [-0.3, -0.25) is 0 Å². The molecule has 2 N–H and O–H groups in total. The SMILES string of the molecule is CC(CO)NCc1cncn1C(C)C. The van der Waals surface area contributed by atoms with E-state index in [0.29, 0.717) is 6.04 Å². The fraction of sp³-hybridized carbons (Fsp3) is 0.700. The molecule has 1 heterocycles. The van der Waals surface area contributed by atoms with E-state index in [0.717, 1.165) is 12.2 Å².